The Morgan fingerprint density at radius 1 is 0.968 bits per heavy atom. The third-order valence-electron chi connectivity index (χ3n) is 5.40. The lowest BCUT2D eigenvalue weighted by molar-refractivity contribution is 0.0978. The van der Waals surface area contributed by atoms with Gasteiger partial charge in [0.2, 0.25) is 0 Å². The standard InChI is InChI=1S/C25H23F2N3O/c1-16-14-23(28-20-9-11-21(12-10-20)29(2)3)22-15-19(27)8-13-24(22)30(16)25(31)17-4-6-18(26)7-5-17/h4-13,15-16H,14H2,1-3H3. The number of nitrogens with zero attached hydrogens (tertiary/aromatic N) is 3. The van der Waals surface area contributed by atoms with E-state index in [0.29, 0.717) is 23.2 Å². The van der Waals surface area contributed by atoms with Crippen LogP contribution in [0.15, 0.2) is 71.7 Å². The summed E-state index contributed by atoms with van der Waals surface area (Å²) in [6.07, 6.45) is 0.471. The van der Waals surface area contributed by atoms with E-state index in [2.05, 4.69) is 0 Å². The van der Waals surface area contributed by atoms with Crippen molar-refractivity contribution in [3.05, 3.63) is 89.5 Å². The average molecular weight is 419 g/mol. The van der Waals surface area contributed by atoms with E-state index in [1.807, 2.05) is 50.2 Å². The molecule has 6 heteroatoms. The van der Waals surface area contributed by atoms with Crippen molar-refractivity contribution in [2.24, 2.45) is 4.99 Å². The first kappa shape index (κ1) is 20.7. The Kier molecular flexibility index (Phi) is 5.55. The second kappa shape index (κ2) is 8.30. The van der Waals surface area contributed by atoms with Gasteiger partial charge in [-0.3, -0.25) is 9.79 Å². The quantitative estimate of drug-likeness (QED) is 0.555. The third-order valence-corrected chi connectivity index (χ3v) is 5.40. The molecule has 1 heterocycles. The fourth-order valence-electron chi connectivity index (χ4n) is 3.80. The van der Waals surface area contributed by atoms with Crippen molar-refractivity contribution in [2.75, 3.05) is 23.9 Å². The summed E-state index contributed by atoms with van der Waals surface area (Å²) in [5.74, 6) is -1.05. The van der Waals surface area contributed by atoms with Crippen molar-refractivity contribution in [1.29, 1.82) is 0 Å². The van der Waals surface area contributed by atoms with Crippen LogP contribution in [0, 0.1) is 11.6 Å². The number of hydrogen-bond donors (Lipinski definition) is 0. The first-order valence-electron chi connectivity index (χ1n) is 10.1. The Morgan fingerprint density at radius 2 is 1.61 bits per heavy atom. The maximum Gasteiger partial charge on any atom is 0.258 e. The zero-order chi connectivity index (χ0) is 22.1. The zero-order valence-corrected chi connectivity index (χ0v) is 17.6. The van der Waals surface area contributed by atoms with Crippen LogP contribution < -0.4 is 9.80 Å². The molecule has 0 saturated heterocycles. The van der Waals surface area contributed by atoms with Gasteiger partial charge >= 0.3 is 0 Å². The number of anilines is 2. The number of hydrogen-bond acceptors (Lipinski definition) is 3. The van der Waals surface area contributed by atoms with Crippen LogP contribution in [0.3, 0.4) is 0 Å². The molecule has 4 rings (SSSR count). The SMILES string of the molecule is CC1CC(=Nc2ccc(N(C)C)cc2)c2cc(F)ccc2N1C(=O)c1ccc(F)cc1. The highest BCUT2D eigenvalue weighted by molar-refractivity contribution is 6.16. The molecule has 0 radical (unpaired) electrons. The van der Waals surface area contributed by atoms with Gasteiger partial charge in [0.25, 0.3) is 5.91 Å². The van der Waals surface area contributed by atoms with Gasteiger partial charge < -0.3 is 9.80 Å². The molecule has 4 nitrogen and oxygen atoms in total. The fraction of sp³-hybridized carbons (Fsp3) is 0.200. The van der Waals surface area contributed by atoms with Crippen LogP contribution in [0.4, 0.5) is 25.8 Å². The second-order valence-electron chi connectivity index (χ2n) is 7.87. The molecule has 0 N–H and O–H groups in total. The molecule has 0 spiro atoms. The Bertz CT molecular complexity index is 1140. The van der Waals surface area contributed by atoms with E-state index >= 15 is 0 Å². The predicted molar refractivity (Wildman–Crippen MR) is 121 cm³/mol. The van der Waals surface area contributed by atoms with Crippen molar-refractivity contribution in [1.82, 2.24) is 0 Å². The Hall–Kier alpha value is -3.54. The number of halogens is 2. The number of amides is 1. The highest BCUT2D eigenvalue weighted by Crippen LogP contribution is 2.34. The van der Waals surface area contributed by atoms with Crippen LogP contribution in [-0.2, 0) is 0 Å². The maximum absolute atomic E-state index is 14.1. The van der Waals surface area contributed by atoms with E-state index in [1.165, 1.54) is 36.4 Å². The van der Waals surface area contributed by atoms with Crippen molar-refractivity contribution in [3.63, 3.8) is 0 Å². The van der Waals surface area contributed by atoms with Crippen LogP contribution in [0.25, 0.3) is 0 Å². The van der Waals surface area contributed by atoms with Crippen molar-refractivity contribution in [2.45, 2.75) is 19.4 Å². The van der Waals surface area contributed by atoms with Crippen LogP contribution in [-0.4, -0.2) is 31.8 Å². The first-order valence-corrected chi connectivity index (χ1v) is 10.1. The molecular weight excluding hydrogens is 396 g/mol. The van der Waals surface area contributed by atoms with Crippen LogP contribution in [0.5, 0.6) is 0 Å². The van der Waals surface area contributed by atoms with Gasteiger partial charge in [-0.1, -0.05) is 0 Å². The van der Waals surface area contributed by atoms with Gasteiger partial charge in [0.05, 0.1) is 17.1 Å². The largest absolute Gasteiger partial charge is 0.378 e. The molecule has 0 fully saturated rings. The normalized spacial score (nSPS) is 16.9. The van der Waals surface area contributed by atoms with E-state index < -0.39 is 11.6 Å². The minimum Gasteiger partial charge on any atom is -0.378 e. The van der Waals surface area contributed by atoms with Gasteiger partial charge in [-0.15, -0.1) is 0 Å². The number of fused-ring (bicyclic) bond motifs is 1. The molecule has 1 amide bonds. The lowest BCUT2D eigenvalue weighted by atomic mass is 9.93. The number of carbonyl (C=O) groups is 1. The van der Waals surface area contributed by atoms with Crippen LogP contribution in [0.2, 0.25) is 0 Å². The molecule has 0 saturated carbocycles. The van der Waals surface area contributed by atoms with Crippen LogP contribution >= 0.6 is 0 Å². The van der Waals surface area contributed by atoms with Gasteiger partial charge in [0.15, 0.2) is 0 Å². The van der Waals surface area contributed by atoms with E-state index in [9.17, 15) is 13.6 Å². The Morgan fingerprint density at radius 3 is 2.26 bits per heavy atom. The first-order chi connectivity index (χ1) is 14.8. The van der Waals surface area contributed by atoms with Gasteiger partial charge in [0.1, 0.15) is 11.6 Å². The minimum absolute atomic E-state index is 0.199. The molecule has 0 aromatic heterocycles. The van der Waals surface area contributed by atoms with Crippen molar-refractivity contribution in [3.8, 4) is 0 Å². The van der Waals surface area contributed by atoms with Gasteiger partial charge in [0, 0.05) is 43.4 Å². The summed E-state index contributed by atoms with van der Waals surface area (Å²) in [7, 11) is 3.94. The number of benzene rings is 3. The Balaban J connectivity index is 1.75. The molecule has 1 unspecified atom stereocenters. The topological polar surface area (TPSA) is 35.9 Å². The predicted octanol–water partition coefficient (Wildman–Crippen LogP) is 5.59. The molecule has 3 aromatic rings. The zero-order valence-electron chi connectivity index (χ0n) is 17.6. The molecule has 0 bridgehead atoms. The van der Waals surface area contributed by atoms with E-state index in [0.717, 1.165) is 17.1 Å². The van der Waals surface area contributed by atoms with E-state index in [1.54, 1.807) is 11.0 Å². The molecule has 158 valence electrons. The molecule has 1 aliphatic heterocycles. The summed E-state index contributed by atoms with van der Waals surface area (Å²) < 4.78 is 27.4. The molecule has 31 heavy (non-hydrogen) atoms. The monoisotopic (exact) mass is 419 g/mol. The smallest absolute Gasteiger partial charge is 0.258 e. The summed E-state index contributed by atoms with van der Waals surface area (Å²) in [4.78, 5) is 21.6. The van der Waals surface area contributed by atoms with Crippen LogP contribution in [0.1, 0.15) is 29.3 Å². The summed E-state index contributed by atoms with van der Waals surface area (Å²) in [5.41, 5.74) is 4.11. The van der Waals surface area contributed by atoms with Crippen molar-refractivity contribution < 1.29 is 13.6 Å². The number of carbonyl (C=O) groups excluding carboxylic acids is 1. The van der Waals surface area contributed by atoms with E-state index in [-0.39, 0.29) is 11.9 Å². The highest BCUT2D eigenvalue weighted by Gasteiger charge is 2.32. The lowest BCUT2D eigenvalue weighted by Gasteiger charge is -2.36. The average Bonchev–Trinajstić information content (AvgIpc) is 2.75. The molecular formula is C25H23F2N3O. The summed E-state index contributed by atoms with van der Waals surface area (Å²) in [5, 5.41) is 0. The molecule has 3 aromatic carbocycles. The minimum atomic E-state index is -0.402. The maximum atomic E-state index is 14.1. The van der Waals surface area contributed by atoms with Gasteiger partial charge in [-0.25, -0.2) is 8.78 Å². The third kappa shape index (κ3) is 4.19. The Labute approximate surface area is 180 Å². The summed E-state index contributed by atoms with van der Waals surface area (Å²) in [6, 6.07) is 17.4. The summed E-state index contributed by atoms with van der Waals surface area (Å²) >= 11 is 0. The fourth-order valence-corrected chi connectivity index (χ4v) is 3.80. The molecule has 0 aliphatic carbocycles. The number of aliphatic imine (C=N–C) groups is 1. The number of rotatable bonds is 3. The second-order valence-corrected chi connectivity index (χ2v) is 7.87. The van der Waals surface area contributed by atoms with E-state index in [4.69, 9.17) is 4.99 Å². The van der Waals surface area contributed by atoms with Crippen molar-refractivity contribution >= 4 is 28.7 Å². The van der Waals surface area contributed by atoms with Gasteiger partial charge in [-0.2, -0.15) is 0 Å². The lowest BCUT2D eigenvalue weighted by Crippen LogP contribution is -2.44. The summed E-state index contributed by atoms with van der Waals surface area (Å²) in [6.45, 7) is 1.93. The molecule has 1 aliphatic rings. The van der Waals surface area contributed by atoms with Gasteiger partial charge in [-0.05, 0) is 73.7 Å². The molecule has 1 atom stereocenters. The highest BCUT2D eigenvalue weighted by atomic mass is 19.1.